The lowest BCUT2D eigenvalue weighted by molar-refractivity contribution is 0.0899. The Morgan fingerprint density at radius 1 is 1.00 bits per heavy atom. The first kappa shape index (κ1) is 16.4. The molecule has 1 aromatic carbocycles. The molecule has 3 unspecified atom stereocenters. The summed E-state index contributed by atoms with van der Waals surface area (Å²) in [6.07, 6.45) is 8.55. The molecule has 0 aliphatic heterocycles. The molecule has 2 aliphatic carbocycles. The van der Waals surface area contributed by atoms with Gasteiger partial charge in [0.1, 0.15) is 5.75 Å². The molecule has 3 heteroatoms. The summed E-state index contributed by atoms with van der Waals surface area (Å²) in [7, 11) is 0. The molecule has 0 amide bonds. The van der Waals surface area contributed by atoms with Gasteiger partial charge in [0.2, 0.25) is 5.88 Å². The van der Waals surface area contributed by atoms with E-state index in [1.54, 1.807) is 18.3 Å². The van der Waals surface area contributed by atoms with Crippen molar-refractivity contribution < 1.29 is 4.74 Å². The highest BCUT2D eigenvalue weighted by Crippen LogP contribution is 2.51. The standard InChI is InChI=1S/C22H28N2O/c1-15-9-16-11-17(10-15)13-22(2,12-16)18-3-6-20(7-4-18)25-21-8-5-19(23)14-24-21/h3-8,14-17H,9-13,23H2,1-2H3/t15?,16-,17?,22?/m0/s1. The highest BCUT2D eigenvalue weighted by Gasteiger charge is 2.41. The van der Waals surface area contributed by atoms with Gasteiger partial charge in [0.05, 0.1) is 11.9 Å². The SMILES string of the molecule is CC1CC2C[C@H](C1)CC(C)(c1ccc(Oc3ccc(N)cn3)cc1)C2. The third-order valence-electron chi connectivity index (χ3n) is 6.15. The van der Waals surface area contributed by atoms with E-state index in [2.05, 4.69) is 43.1 Å². The second-order valence-electron chi connectivity index (χ2n) is 8.57. The zero-order valence-electron chi connectivity index (χ0n) is 15.2. The Hall–Kier alpha value is -2.03. The van der Waals surface area contributed by atoms with E-state index in [4.69, 9.17) is 10.5 Å². The lowest BCUT2D eigenvalue weighted by atomic mass is 9.58. The molecule has 2 fully saturated rings. The zero-order chi connectivity index (χ0) is 17.4. The number of rotatable bonds is 3. The van der Waals surface area contributed by atoms with Gasteiger partial charge in [-0.2, -0.15) is 0 Å². The minimum absolute atomic E-state index is 0.311. The molecule has 0 radical (unpaired) electrons. The lowest BCUT2D eigenvalue weighted by Gasteiger charge is -2.47. The van der Waals surface area contributed by atoms with Gasteiger partial charge in [-0.25, -0.2) is 4.98 Å². The summed E-state index contributed by atoms with van der Waals surface area (Å²) in [5, 5.41) is 0. The fourth-order valence-electron chi connectivity index (χ4n) is 5.32. The van der Waals surface area contributed by atoms with E-state index in [1.165, 1.54) is 37.7 Å². The van der Waals surface area contributed by atoms with Gasteiger partial charge in [0.25, 0.3) is 0 Å². The van der Waals surface area contributed by atoms with Gasteiger partial charge < -0.3 is 10.5 Å². The smallest absolute Gasteiger partial charge is 0.219 e. The van der Waals surface area contributed by atoms with Crippen LogP contribution in [0.4, 0.5) is 5.69 Å². The number of ether oxygens (including phenoxy) is 1. The monoisotopic (exact) mass is 336 g/mol. The molecule has 0 spiro atoms. The second-order valence-corrected chi connectivity index (χ2v) is 8.57. The van der Waals surface area contributed by atoms with Crippen LogP contribution in [0.2, 0.25) is 0 Å². The van der Waals surface area contributed by atoms with Gasteiger partial charge in [0, 0.05) is 6.07 Å². The number of anilines is 1. The lowest BCUT2D eigenvalue weighted by Crippen LogP contribution is -2.38. The van der Waals surface area contributed by atoms with Crippen LogP contribution >= 0.6 is 0 Å². The Balaban J connectivity index is 1.49. The van der Waals surface area contributed by atoms with E-state index in [-0.39, 0.29) is 0 Å². The average Bonchev–Trinajstić information content (AvgIpc) is 2.56. The Bertz CT molecular complexity index is 705. The maximum absolute atomic E-state index is 5.83. The molecule has 2 aliphatic rings. The van der Waals surface area contributed by atoms with E-state index >= 15 is 0 Å². The van der Waals surface area contributed by atoms with Crippen molar-refractivity contribution >= 4 is 5.69 Å². The van der Waals surface area contributed by atoms with Crippen molar-refractivity contribution in [3.63, 3.8) is 0 Å². The Morgan fingerprint density at radius 2 is 1.68 bits per heavy atom. The van der Waals surface area contributed by atoms with Crippen LogP contribution in [-0.2, 0) is 5.41 Å². The van der Waals surface area contributed by atoms with Gasteiger partial charge in [-0.1, -0.05) is 26.0 Å². The summed E-state index contributed by atoms with van der Waals surface area (Å²) in [4.78, 5) is 4.20. The normalized spacial score (nSPS) is 31.5. The third-order valence-corrected chi connectivity index (χ3v) is 6.15. The van der Waals surface area contributed by atoms with Crippen LogP contribution in [0.1, 0.15) is 51.5 Å². The van der Waals surface area contributed by atoms with Crippen molar-refractivity contribution in [2.75, 3.05) is 5.73 Å². The molecule has 4 atom stereocenters. The van der Waals surface area contributed by atoms with E-state index in [9.17, 15) is 0 Å². The van der Waals surface area contributed by atoms with E-state index < -0.39 is 0 Å². The number of hydrogen-bond acceptors (Lipinski definition) is 3. The molecular formula is C22H28N2O. The van der Waals surface area contributed by atoms with E-state index in [0.29, 0.717) is 17.0 Å². The molecule has 2 N–H and O–H groups in total. The van der Waals surface area contributed by atoms with Crippen LogP contribution < -0.4 is 10.5 Å². The molecule has 4 rings (SSSR count). The minimum atomic E-state index is 0.311. The summed E-state index contributed by atoms with van der Waals surface area (Å²) < 4.78 is 5.83. The van der Waals surface area contributed by atoms with Gasteiger partial charge in [-0.15, -0.1) is 0 Å². The molecule has 2 aromatic rings. The predicted molar refractivity (Wildman–Crippen MR) is 102 cm³/mol. The van der Waals surface area contributed by atoms with Crippen LogP contribution in [0.15, 0.2) is 42.6 Å². The highest BCUT2D eigenvalue weighted by molar-refractivity contribution is 5.38. The second kappa shape index (κ2) is 6.36. The number of nitrogens with two attached hydrogens (primary N) is 1. The number of pyridine rings is 1. The Morgan fingerprint density at radius 3 is 2.28 bits per heavy atom. The van der Waals surface area contributed by atoms with Crippen molar-refractivity contribution in [3.05, 3.63) is 48.2 Å². The van der Waals surface area contributed by atoms with Gasteiger partial charge >= 0.3 is 0 Å². The van der Waals surface area contributed by atoms with Crippen LogP contribution in [0, 0.1) is 17.8 Å². The van der Waals surface area contributed by atoms with Gasteiger partial charge in [0.15, 0.2) is 0 Å². The molecule has 25 heavy (non-hydrogen) atoms. The predicted octanol–water partition coefficient (Wildman–Crippen LogP) is 5.56. The first-order valence-electron chi connectivity index (χ1n) is 9.50. The van der Waals surface area contributed by atoms with E-state index in [0.717, 1.165) is 23.5 Å². The average molecular weight is 336 g/mol. The van der Waals surface area contributed by atoms with Crippen molar-refractivity contribution in [1.82, 2.24) is 4.98 Å². The highest BCUT2D eigenvalue weighted by atomic mass is 16.5. The fourth-order valence-corrected chi connectivity index (χ4v) is 5.32. The van der Waals surface area contributed by atoms with Crippen molar-refractivity contribution in [2.45, 2.75) is 51.4 Å². The van der Waals surface area contributed by atoms with E-state index in [1.807, 2.05) is 0 Å². The fraction of sp³-hybridized carbons (Fsp3) is 0.500. The molecule has 2 bridgehead atoms. The third kappa shape index (κ3) is 3.51. The first-order valence-corrected chi connectivity index (χ1v) is 9.50. The van der Waals surface area contributed by atoms with Gasteiger partial charge in [-0.3, -0.25) is 0 Å². The Kier molecular flexibility index (Phi) is 4.18. The molecular weight excluding hydrogens is 308 g/mol. The Labute approximate surface area is 150 Å². The minimum Gasteiger partial charge on any atom is -0.439 e. The summed E-state index contributed by atoms with van der Waals surface area (Å²) in [5.41, 5.74) is 8.08. The molecule has 132 valence electrons. The summed E-state index contributed by atoms with van der Waals surface area (Å²) in [5.74, 6) is 4.13. The molecule has 1 aromatic heterocycles. The first-order chi connectivity index (χ1) is 12.0. The molecule has 0 saturated heterocycles. The van der Waals surface area contributed by atoms with Crippen LogP contribution in [0.5, 0.6) is 11.6 Å². The number of nitrogens with zero attached hydrogens (tertiary/aromatic N) is 1. The van der Waals surface area contributed by atoms with Gasteiger partial charge in [-0.05, 0) is 79.0 Å². The summed E-state index contributed by atoms with van der Waals surface area (Å²) >= 11 is 0. The van der Waals surface area contributed by atoms with Crippen molar-refractivity contribution in [1.29, 1.82) is 0 Å². The maximum atomic E-state index is 5.83. The molecule has 3 nitrogen and oxygen atoms in total. The zero-order valence-corrected chi connectivity index (χ0v) is 15.2. The molecule has 1 heterocycles. The van der Waals surface area contributed by atoms with Crippen LogP contribution in [0.25, 0.3) is 0 Å². The number of nitrogen functional groups attached to an aromatic ring is 1. The number of hydrogen-bond donors (Lipinski definition) is 1. The number of aromatic nitrogens is 1. The van der Waals surface area contributed by atoms with Crippen LogP contribution in [0.3, 0.4) is 0 Å². The van der Waals surface area contributed by atoms with Crippen LogP contribution in [-0.4, -0.2) is 4.98 Å². The van der Waals surface area contributed by atoms with Crippen molar-refractivity contribution in [2.24, 2.45) is 17.8 Å². The number of benzene rings is 1. The topological polar surface area (TPSA) is 48.1 Å². The summed E-state index contributed by atoms with van der Waals surface area (Å²) in [6.45, 7) is 4.89. The largest absolute Gasteiger partial charge is 0.439 e. The maximum Gasteiger partial charge on any atom is 0.219 e. The summed E-state index contributed by atoms with van der Waals surface area (Å²) in [6, 6.07) is 12.2. The quantitative estimate of drug-likeness (QED) is 0.798. The number of fused-ring (bicyclic) bond motifs is 2. The van der Waals surface area contributed by atoms with Crippen molar-refractivity contribution in [3.8, 4) is 11.6 Å². The molecule has 2 saturated carbocycles.